The van der Waals surface area contributed by atoms with Gasteiger partial charge in [0.25, 0.3) is 5.91 Å². The molecule has 0 radical (unpaired) electrons. The van der Waals surface area contributed by atoms with Crippen LogP contribution in [-0.4, -0.2) is 51.1 Å². The molecule has 1 saturated heterocycles. The highest BCUT2D eigenvalue weighted by Crippen LogP contribution is 2.21. The van der Waals surface area contributed by atoms with Gasteiger partial charge in [-0.1, -0.05) is 5.21 Å². The van der Waals surface area contributed by atoms with Gasteiger partial charge >= 0.3 is 0 Å². The molecule has 17 heavy (non-hydrogen) atoms. The molecule has 1 amide bonds. The van der Waals surface area contributed by atoms with Crippen LogP contribution in [-0.2, 0) is 11.3 Å². The molecule has 94 valence electrons. The summed E-state index contributed by atoms with van der Waals surface area (Å²) in [6, 6.07) is 0. The Morgan fingerprint density at radius 1 is 1.59 bits per heavy atom. The maximum absolute atomic E-state index is 12.4. The molecule has 2 rings (SSSR count). The van der Waals surface area contributed by atoms with Crippen LogP contribution in [0.4, 0.5) is 0 Å². The molecule has 1 aliphatic heterocycles. The van der Waals surface area contributed by atoms with E-state index in [4.69, 9.17) is 4.74 Å². The second kappa shape index (κ2) is 4.44. The van der Waals surface area contributed by atoms with Gasteiger partial charge in [0.15, 0.2) is 0 Å². The van der Waals surface area contributed by atoms with Crippen molar-refractivity contribution in [1.29, 1.82) is 0 Å². The predicted octanol–water partition coefficient (Wildman–Crippen LogP) is 0.549. The molecule has 0 spiro atoms. The van der Waals surface area contributed by atoms with Crippen molar-refractivity contribution in [3.05, 3.63) is 11.9 Å². The van der Waals surface area contributed by atoms with Crippen molar-refractivity contribution in [2.24, 2.45) is 0 Å². The van der Waals surface area contributed by atoms with Gasteiger partial charge in [0.05, 0.1) is 24.9 Å². The highest BCUT2D eigenvalue weighted by atomic mass is 16.5. The number of hydrogen-bond acceptors (Lipinski definition) is 4. The number of aromatic nitrogens is 3. The Bertz CT molecular complexity index is 413. The average molecular weight is 238 g/mol. The van der Waals surface area contributed by atoms with E-state index in [9.17, 15) is 4.79 Å². The molecule has 6 heteroatoms. The molecule has 0 aliphatic carbocycles. The molecule has 1 aliphatic rings. The van der Waals surface area contributed by atoms with Gasteiger partial charge in [-0.3, -0.25) is 4.79 Å². The van der Waals surface area contributed by atoms with Gasteiger partial charge in [-0.15, -0.1) is 5.10 Å². The van der Waals surface area contributed by atoms with Crippen molar-refractivity contribution in [2.45, 2.75) is 32.9 Å². The van der Waals surface area contributed by atoms with Crippen LogP contribution in [0, 0.1) is 0 Å². The van der Waals surface area contributed by atoms with Crippen LogP contribution in [0.3, 0.4) is 0 Å². The van der Waals surface area contributed by atoms with E-state index in [1.54, 1.807) is 4.68 Å². The minimum atomic E-state index is -0.280. The highest BCUT2D eigenvalue weighted by molar-refractivity contribution is 5.92. The summed E-state index contributed by atoms with van der Waals surface area (Å²) in [5.41, 5.74) is 0.264. The summed E-state index contributed by atoms with van der Waals surface area (Å²) in [6.45, 7) is 8.35. The Kier molecular flexibility index (Phi) is 3.15. The van der Waals surface area contributed by atoms with E-state index in [-0.39, 0.29) is 11.4 Å². The minimum absolute atomic E-state index is 0.0230. The van der Waals surface area contributed by atoms with E-state index in [0.717, 1.165) is 0 Å². The molecule has 0 saturated carbocycles. The molecule has 1 fully saturated rings. The Hall–Kier alpha value is -1.43. The summed E-state index contributed by atoms with van der Waals surface area (Å²) < 4.78 is 7.03. The number of ether oxygens (including phenoxy) is 1. The van der Waals surface area contributed by atoms with Crippen LogP contribution >= 0.6 is 0 Å². The van der Waals surface area contributed by atoms with Crippen molar-refractivity contribution >= 4 is 5.91 Å². The number of carbonyl (C=O) groups excluding carboxylic acids is 1. The molecule has 0 N–H and O–H groups in total. The molecule has 0 bridgehead atoms. The van der Waals surface area contributed by atoms with E-state index in [1.807, 2.05) is 25.7 Å². The molecule has 0 atom stereocenters. The zero-order valence-corrected chi connectivity index (χ0v) is 10.5. The zero-order chi connectivity index (χ0) is 12.5. The third-order valence-corrected chi connectivity index (χ3v) is 3.03. The predicted molar refractivity (Wildman–Crippen MR) is 61.6 cm³/mol. The monoisotopic (exact) mass is 238 g/mol. The van der Waals surface area contributed by atoms with E-state index in [1.165, 1.54) is 6.20 Å². The van der Waals surface area contributed by atoms with Gasteiger partial charge in [-0.2, -0.15) is 0 Å². The minimum Gasteiger partial charge on any atom is -0.377 e. The first kappa shape index (κ1) is 12.0. The smallest absolute Gasteiger partial charge is 0.274 e. The fourth-order valence-electron chi connectivity index (χ4n) is 2.03. The van der Waals surface area contributed by atoms with Gasteiger partial charge in [0, 0.05) is 13.1 Å². The lowest BCUT2D eigenvalue weighted by Gasteiger charge is -2.41. The topological polar surface area (TPSA) is 60.2 Å². The van der Waals surface area contributed by atoms with E-state index in [2.05, 4.69) is 10.3 Å². The maximum atomic E-state index is 12.4. The Balaban J connectivity index is 2.25. The summed E-state index contributed by atoms with van der Waals surface area (Å²) in [4.78, 5) is 14.3. The van der Waals surface area contributed by atoms with Crippen molar-refractivity contribution in [2.75, 3.05) is 19.8 Å². The maximum Gasteiger partial charge on any atom is 0.274 e. The van der Waals surface area contributed by atoms with E-state index < -0.39 is 0 Å². The van der Waals surface area contributed by atoms with Gasteiger partial charge in [0.2, 0.25) is 0 Å². The molecule has 2 heterocycles. The van der Waals surface area contributed by atoms with Crippen molar-refractivity contribution in [3.63, 3.8) is 0 Å². The van der Waals surface area contributed by atoms with Crippen LogP contribution in [0.25, 0.3) is 0 Å². The lowest BCUT2D eigenvalue weighted by atomic mass is 10.0. The molecule has 6 nitrogen and oxygen atoms in total. The third kappa shape index (κ3) is 2.17. The molecule has 1 aromatic rings. The molecule has 0 unspecified atom stereocenters. The van der Waals surface area contributed by atoms with Crippen molar-refractivity contribution in [1.82, 2.24) is 19.9 Å². The summed E-state index contributed by atoms with van der Waals surface area (Å²) in [5.74, 6) is -0.0230. The number of nitrogens with zero attached hydrogens (tertiary/aromatic N) is 4. The number of carbonyl (C=O) groups is 1. The lowest BCUT2D eigenvalue weighted by molar-refractivity contribution is -0.0375. The van der Waals surface area contributed by atoms with Crippen LogP contribution in [0.15, 0.2) is 6.20 Å². The fourth-order valence-corrected chi connectivity index (χ4v) is 2.03. The first-order chi connectivity index (χ1) is 8.06. The summed E-state index contributed by atoms with van der Waals surface area (Å²) in [5, 5.41) is 7.68. The van der Waals surface area contributed by atoms with E-state index >= 15 is 0 Å². The molecule has 1 aromatic heterocycles. The van der Waals surface area contributed by atoms with Crippen LogP contribution in [0.1, 0.15) is 31.3 Å². The van der Waals surface area contributed by atoms with Crippen molar-refractivity contribution in [3.8, 4) is 0 Å². The van der Waals surface area contributed by atoms with Crippen LogP contribution in [0.2, 0.25) is 0 Å². The number of hydrogen-bond donors (Lipinski definition) is 0. The molecular formula is C11H18N4O2. The first-order valence-corrected chi connectivity index (χ1v) is 5.84. The Morgan fingerprint density at radius 3 is 3.00 bits per heavy atom. The van der Waals surface area contributed by atoms with Crippen LogP contribution in [0.5, 0.6) is 0 Å². The zero-order valence-electron chi connectivity index (χ0n) is 10.5. The lowest BCUT2D eigenvalue weighted by Crippen LogP contribution is -2.55. The summed E-state index contributed by atoms with van der Waals surface area (Å²) in [7, 11) is 0. The summed E-state index contributed by atoms with van der Waals surface area (Å²) >= 11 is 0. The standard InChI is InChI=1S/C11H18N4O2/c1-4-15-9(7-12-13-15)10(16)14-5-6-17-8-11(14,2)3/h7H,4-6,8H2,1-3H3. The van der Waals surface area contributed by atoms with Gasteiger partial charge in [0.1, 0.15) is 5.69 Å². The second-order valence-electron chi connectivity index (χ2n) is 4.76. The quantitative estimate of drug-likeness (QED) is 0.755. The Morgan fingerprint density at radius 2 is 2.35 bits per heavy atom. The average Bonchev–Trinajstić information content (AvgIpc) is 2.75. The largest absolute Gasteiger partial charge is 0.377 e. The number of amides is 1. The van der Waals surface area contributed by atoms with Gasteiger partial charge in [-0.25, -0.2) is 4.68 Å². The van der Waals surface area contributed by atoms with Gasteiger partial charge in [-0.05, 0) is 20.8 Å². The number of morpholine rings is 1. The fraction of sp³-hybridized carbons (Fsp3) is 0.727. The third-order valence-electron chi connectivity index (χ3n) is 3.03. The molecule has 0 aromatic carbocycles. The Labute approximate surface area is 101 Å². The summed E-state index contributed by atoms with van der Waals surface area (Å²) in [6.07, 6.45) is 1.53. The SMILES string of the molecule is CCn1nncc1C(=O)N1CCOCC1(C)C. The number of aryl methyl sites for hydroxylation is 1. The number of rotatable bonds is 2. The van der Waals surface area contributed by atoms with E-state index in [0.29, 0.717) is 32.0 Å². The highest BCUT2D eigenvalue weighted by Gasteiger charge is 2.35. The van der Waals surface area contributed by atoms with Crippen molar-refractivity contribution < 1.29 is 9.53 Å². The van der Waals surface area contributed by atoms with Crippen LogP contribution < -0.4 is 0 Å². The molecular weight excluding hydrogens is 220 g/mol. The van der Waals surface area contributed by atoms with Gasteiger partial charge < -0.3 is 9.64 Å². The normalized spacial score (nSPS) is 19.4. The second-order valence-corrected chi connectivity index (χ2v) is 4.76. The first-order valence-electron chi connectivity index (χ1n) is 5.84.